The Kier molecular flexibility index (Phi) is 9.46. The summed E-state index contributed by atoms with van der Waals surface area (Å²) in [6, 6.07) is 91.9. The van der Waals surface area contributed by atoms with Crippen LogP contribution in [0.5, 0.6) is 0 Å². The molecule has 0 N–H and O–H groups in total. The van der Waals surface area contributed by atoms with E-state index in [1.807, 2.05) is 11.3 Å². The van der Waals surface area contributed by atoms with Gasteiger partial charge in [0.25, 0.3) is 0 Å². The van der Waals surface area contributed by atoms with E-state index in [1.165, 1.54) is 79.6 Å². The summed E-state index contributed by atoms with van der Waals surface area (Å²) in [4.78, 5) is 2.50. The quantitative estimate of drug-likeness (QED) is 0.104. The van der Waals surface area contributed by atoms with Crippen molar-refractivity contribution in [2.75, 3.05) is 4.90 Å². The molecule has 0 fully saturated rings. The normalized spacial score (nSPS) is 11.6. The number of thiophene rings is 1. The maximum absolute atomic E-state index is 2.81. The number of rotatable bonds is 9. The van der Waals surface area contributed by atoms with Gasteiger partial charge in [-0.15, -0.1) is 11.3 Å². The maximum atomic E-state index is 2.50. The predicted molar refractivity (Wildman–Crippen MR) is 266 cm³/mol. The van der Waals surface area contributed by atoms with E-state index in [4.69, 9.17) is 0 Å². The average molecular weight is 812 g/mol. The van der Waals surface area contributed by atoms with Crippen molar-refractivity contribution in [1.82, 2.24) is 0 Å². The van der Waals surface area contributed by atoms with Crippen molar-refractivity contribution in [3.8, 4) is 22.3 Å². The van der Waals surface area contributed by atoms with Crippen molar-refractivity contribution in [2.45, 2.75) is 0 Å². The summed E-state index contributed by atoms with van der Waals surface area (Å²) in [6.07, 6.45) is 0. The van der Waals surface area contributed by atoms with Crippen LogP contribution in [0.15, 0.2) is 249 Å². The molecule has 0 radical (unpaired) electrons. The zero-order valence-electron chi connectivity index (χ0n) is 33.5. The second-order valence-electron chi connectivity index (χ2n) is 15.6. The van der Waals surface area contributed by atoms with Crippen molar-refractivity contribution >= 4 is 88.2 Å². The third kappa shape index (κ3) is 6.38. The monoisotopic (exact) mass is 811 g/mol. The standard InChI is InChI=1S/C58H41NSSi/c1-5-19-43(20-6-1)53-33-17-34-54-55-35-18-36-56(58(55)60-57(53)54)59(45-39-37-44(38-40-45)52-32-15-22-42-21-13-14-31-51(42)52)46-23-16-30-50(41-46)61(47-24-7-2-8-25-47,48-26-9-3-10-27-48)49-28-11-4-12-29-49/h1-41H. The van der Waals surface area contributed by atoms with Crippen molar-refractivity contribution in [3.63, 3.8) is 0 Å². The molecule has 3 heteroatoms. The summed E-state index contributed by atoms with van der Waals surface area (Å²) in [7, 11) is -2.81. The molecule has 0 unspecified atom stereocenters. The van der Waals surface area contributed by atoms with E-state index in [0.717, 1.165) is 11.4 Å². The molecule has 10 aromatic carbocycles. The lowest BCUT2D eigenvalue weighted by Crippen LogP contribution is -2.74. The number of hydrogen-bond acceptors (Lipinski definition) is 2. The SMILES string of the molecule is c1ccc(-c2cccc3c2sc2c(N(c4ccc(-c5cccc6ccccc56)cc4)c4cccc([Si](c5ccccc5)(c5ccccc5)c5ccccc5)c4)cccc23)cc1. The second-order valence-corrected chi connectivity index (χ2v) is 20.4. The van der Waals surface area contributed by atoms with Crippen LogP contribution >= 0.6 is 11.3 Å². The Hall–Kier alpha value is -7.30. The highest BCUT2D eigenvalue weighted by Crippen LogP contribution is 2.47. The smallest absolute Gasteiger partial charge is 0.179 e. The molecular weight excluding hydrogens is 771 g/mol. The van der Waals surface area contributed by atoms with Crippen LogP contribution in [-0.2, 0) is 0 Å². The van der Waals surface area contributed by atoms with Gasteiger partial charge in [-0.1, -0.05) is 218 Å². The Labute approximate surface area is 362 Å². The molecule has 0 aliphatic heterocycles. The average Bonchev–Trinajstić information content (AvgIpc) is 3.73. The van der Waals surface area contributed by atoms with Gasteiger partial charge in [0, 0.05) is 26.8 Å². The van der Waals surface area contributed by atoms with Crippen molar-refractivity contribution in [2.24, 2.45) is 0 Å². The second kappa shape index (κ2) is 15.7. The molecule has 0 aliphatic carbocycles. The van der Waals surface area contributed by atoms with Gasteiger partial charge in [-0.25, -0.2) is 0 Å². The van der Waals surface area contributed by atoms with Crippen LogP contribution in [0.2, 0.25) is 0 Å². The van der Waals surface area contributed by atoms with Gasteiger partial charge in [-0.3, -0.25) is 0 Å². The van der Waals surface area contributed by atoms with E-state index in [0.29, 0.717) is 0 Å². The molecule has 0 saturated heterocycles. The minimum absolute atomic E-state index is 1.11. The summed E-state index contributed by atoms with van der Waals surface area (Å²) in [5.74, 6) is 0. The topological polar surface area (TPSA) is 3.24 Å². The highest BCUT2D eigenvalue weighted by Gasteiger charge is 2.41. The third-order valence-corrected chi connectivity index (χ3v) is 18.3. The third-order valence-electron chi connectivity index (χ3n) is 12.2. The molecule has 0 spiro atoms. The Morgan fingerprint density at radius 3 is 1.46 bits per heavy atom. The van der Waals surface area contributed by atoms with Crippen LogP contribution in [0.4, 0.5) is 17.1 Å². The summed E-state index contributed by atoms with van der Waals surface area (Å²) in [6.45, 7) is 0. The summed E-state index contributed by atoms with van der Waals surface area (Å²) >= 11 is 1.90. The summed E-state index contributed by atoms with van der Waals surface area (Å²) in [5.41, 5.74) is 8.35. The fraction of sp³-hybridized carbons (Fsp3) is 0. The van der Waals surface area contributed by atoms with E-state index in [2.05, 4.69) is 254 Å². The molecule has 1 nitrogen and oxygen atoms in total. The van der Waals surface area contributed by atoms with Crippen LogP contribution < -0.4 is 25.6 Å². The van der Waals surface area contributed by atoms with Gasteiger partial charge in [0.1, 0.15) is 0 Å². The van der Waals surface area contributed by atoms with Gasteiger partial charge in [-0.2, -0.15) is 0 Å². The lowest BCUT2D eigenvalue weighted by Gasteiger charge is -2.35. The molecule has 1 aromatic heterocycles. The van der Waals surface area contributed by atoms with E-state index in [1.54, 1.807) is 0 Å². The number of fused-ring (bicyclic) bond motifs is 4. The molecule has 0 atom stereocenters. The van der Waals surface area contributed by atoms with Gasteiger partial charge in [0.05, 0.1) is 10.4 Å². The number of benzene rings is 10. The minimum Gasteiger partial charge on any atom is -0.309 e. The molecule has 0 saturated carbocycles. The molecule has 0 aliphatic rings. The van der Waals surface area contributed by atoms with Crippen molar-refractivity contribution in [3.05, 3.63) is 249 Å². The molecule has 11 rings (SSSR count). The maximum Gasteiger partial charge on any atom is 0.179 e. The Balaban J connectivity index is 1.16. The van der Waals surface area contributed by atoms with Crippen molar-refractivity contribution < 1.29 is 0 Å². The van der Waals surface area contributed by atoms with Gasteiger partial charge < -0.3 is 4.90 Å². The van der Waals surface area contributed by atoms with Crippen LogP contribution in [0.3, 0.4) is 0 Å². The first kappa shape index (κ1) is 36.8. The van der Waals surface area contributed by atoms with Gasteiger partial charge in [0.15, 0.2) is 8.07 Å². The summed E-state index contributed by atoms with van der Waals surface area (Å²) in [5, 5.41) is 10.5. The van der Waals surface area contributed by atoms with Gasteiger partial charge in [-0.05, 0) is 84.1 Å². The number of anilines is 3. The molecule has 0 bridgehead atoms. The zero-order chi connectivity index (χ0) is 40.6. The Bertz CT molecular complexity index is 3190. The van der Waals surface area contributed by atoms with Crippen LogP contribution in [0.1, 0.15) is 0 Å². The Morgan fingerprint density at radius 1 is 0.311 bits per heavy atom. The van der Waals surface area contributed by atoms with Crippen molar-refractivity contribution in [1.29, 1.82) is 0 Å². The molecule has 61 heavy (non-hydrogen) atoms. The van der Waals surface area contributed by atoms with E-state index in [9.17, 15) is 0 Å². The Morgan fingerprint density at radius 2 is 0.787 bits per heavy atom. The first-order valence-corrected chi connectivity index (χ1v) is 23.7. The molecular formula is C58H41NSSi. The minimum atomic E-state index is -2.81. The van der Waals surface area contributed by atoms with E-state index >= 15 is 0 Å². The highest BCUT2D eigenvalue weighted by atomic mass is 32.1. The highest BCUT2D eigenvalue weighted by molar-refractivity contribution is 7.27. The van der Waals surface area contributed by atoms with Crippen LogP contribution in [0.25, 0.3) is 53.2 Å². The van der Waals surface area contributed by atoms with Gasteiger partial charge in [0.2, 0.25) is 0 Å². The number of nitrogens with zero attached hydrogens (tertiary/aromatic N) is 1. The molecule has 288 valence electrons. The molecule has 1 heterocycles. The molecule has 11 aromatic rings. The first-order chi connectivity index (χ1) is 30.3. The largest absolute Gasteiger partial charge is 0.309 e. The molecule has 0 amide bonds. The van der Waals surface area contributed by atoms with Crippen LogP contribution in [0, 0.1) is 0 Å². The fourth-order valence-corrected chi connectivity index (χ4v) is 15.6. The summed E-state index contributed by atoms with van der Waals surface area (Å²) < 4.78 is 2.57. The van der Waals surface area contributed by atoms with Gasteiger partial charge >= 0.3 is 0 Å². The fourth-order valence-electron chi connectivity index (χ4n) is 9.46. The zero-order valence-corrected chi connectivity index (χ0v) is 35.3. The lowest BCUT2D eigenvalue weighted by molar-refractivity contribution is 1.30. The van der Waals surface area contributed by atoms with E-state index < -0.39 is 8.07 Å². The first-order valence-electron chi connectivity index (χ1n) is 20.9. The lowest BCUT2D eigenvalue weighted by atomic mass is 9.98. The predicted octanol–water partition coefficient (Wildman–Crippen LogP) is 13.4. The van der Waals surface area contributed by atoms with E-state index in [-0.39, 0.29) is 0 Å². The number of hydrogen-bond donors (Lipinski definition) is 0. The van der Waals surface area contributed by atoms with Crippen LogP contribution in [-0.4, -0.2) is 8.07 Å².